The molecule has 1 heterocycles. The second kappa shape index (κ2) is 11.5. The van der Waals surface area contributed by atoms with E-state index in [0.717, 1.165) is 32.0 Å². The van der Waals surface area contributed by atoms with E-state index in [0.29, 0.717) is 12.5 Å². The Morgan fingerprint density at radius 2 is 1.75 bits per heavy atom. The number of amides is 2. The lowest BCUT2D eigenvalue weighted by Gasteiger charge is -2.09. The number of aldehydes is 1. The Bertz CT molecular complexity index is 292. The number of hydrogen-bond acceptors (Lipinski definition) is 5. The maximum absolute atomic E-state index is 10.2. The maximum atomic E-state index is 10.2. The first-order valence-electron chi connectivity index (χ1n) is 7.26. The van der Waals surface area contributed by atoms with Crippen LogP contribution in [0, 0.1) is 0 Å². The lowest BCUT2D eigenvalue weighted by molar-refractivity contribution is -0.171. The van der Waals surface area contributed by atoms with E-state index in [4.69, 9.17) is 10.9 Å². The van der Waals surface area contributed by atoms with Gasteiger partial charge in [-0.3, -0.25) is 14.8 Å². The minimum Gasteiger partial charge on any atom is -0.328 e. The SMILES string of the molecule is CCCCC(N)CCCCC=O.O=C1CCC(=O)N1O. The van der Waals surface area contributed by atoms with Gasteiger partial charge in [0.15, 0.2) is 0 Å². The zero-order valence-corrected chi connectivity index (χ0v) is 12.2. The van der Waals surface area contributed by atoms with Crippen LogP contribution < -0.4 is 5.73 Å². The highest BCUT2D eigenvalue weighted by Gasteiger charge is 2.26. The summed E-state index contributed by atoms with van der Waals surface area (Å²) < 4.78 is 0. The fourth-order valence-electron chi connectivity index (χ4n) is 1.81. The van der Waals surface area contributed by atoms with E-state index in [1.54, 1.807) is 0 Å². The molecule has 0 saturated carbocycles. The van der Waals surface area contributed by atoms with Crippen molar-refractivity contribution in [2.45, 2.75) is 70.8 Å². The van der Waals surface area contributed by atoms with E-state index in [9.17, 15) is 14.4 Å². The van der Waals surface area contributed by atoms with Gasteiger partial charge in [0.05, 0.1) is 0 Å². The summed E-state index contributed by atoms with van der Waals surface area (Å²) >= 11 is 0. The molecule has 2 amide bonds. The van der Waals surface area contributed by atoms with Gasteiger partial charge in [-0.25, -0.2) is 0 Å². The van der Waals surface area contributed by atoms with Crippen LogP contribution in [-0.4, -0.2) is 34.4 Å². The summed E-state index contributed by atoms with van der Waals surface area (Å²) in [6, 6.07) is 0.358. The van der Waals surface area contributed by atoms with Crippen molar-refractivity contribution in [1.29, 1.82) is 0 Å². The third-order valence-corrected chi connectivity index (χ3v) is 3.10. The molecule has 20 heavy (non-hydrogen) atoms. The van der Waals surface area contributed by atoms with Gasteiger partial charge in [0.25, 0.3) is 11.8 Å². The van der Waals surface area contributed by atoms with Crippen molar-refractivity contribution in [3.63, 3.8) is 0 Å². The average molecular weight is 286 g/mol. The van der Waals surface area contributed by atoms with Crippen LogP contribution in [-0.2, 0) is 14.4 Å². The number of nitrogens with two attached hydrogens (primary N) is 1. The van der Waals surface area contributed by atoms with Crippen molar-refractivity contribution in [2.24, 2.45) is 5.73 Å². The van der Waals surface area contributed by atoms with Gasteiger partial charge in [-0.05, 0) is 19.3 Å². The molecule has 1 fully saturated rings. The summed E-state index contributed by atoms with van der Waals surface area (Å²) in [7, 11) is 0. The Morgan fingerprint density at radius 1 is 1.20 bits per heavy atom. The van der Waals surface area contributed by atoms with Crippen LogP contribution in [0.3, 0.4) is 0 Å². The van der Waals surface area contributed by atoms with Crippen LogP contribution in [0.15, 0.2) is 0 Å². The second-order valence-electron chi connectivity index (χ2n) is 4.95. The molecule has 0 spiro atoms. The first-order valence-corrected chi connectivity index (χ1v) is 7.26. The third kappa shape index (κ3) is 8.77. The van der Waals surface area contributed by atoms with E-state index in [-0.39, 0.29) is 17.9 Å². The summed E-state index contributed by atoms with van der Waals surface area (Å²) in [6.07, 6.45) is 8.75. The van der Waals surface area contributed by atoms with Crippen LogP contribution in [0.1, 0.15) is 64.7 Å². The molecule has 0 aromatic carbocycles. The number of rotatable bonds is 8. The highest BCUT2D eigenvalue weighted by atomic mass is 16.5. The van der Waals surface area contributed by atoms with E-state index < -0.39 is 11.8 Å². The molecule has 0 radical (unpaired) electrons. The van der Waals surface area contributed by atoms with Gasteiger partial charge in [-0.15, -0.1) is 0 Å². The summed E-state index contributed by atoms with van der Waals surface area (Å²) in [4.78, 5) is 30.5. The van der Waals surface area contributed by atoms with Crippen LogP contribution in [0.25, 0.3) is 0 Å². The van der Waals surface area contributed by atoms with Crippen molar-refractivity contribution < 1.29 is 19.6 Å². The fourth-order valence-corrected chi connectivity index (χ4v) is 1.81. The first-order chi connectivity index (χ1) is 9.52. The van der Waals surface area contributed by atoms with Crippen molar-refractivity contribution in [3.8, 4) is 0 Å². The molecule has 1 aliphatic rings. The van der Waals surface area contributed by atoms with E-state index in [1.165, 1.54) is 12.8 Å². The molecule has 6 nitrogen and oxygen atoms in total. The maximum Gasteiger partial charge on any atom is 0.253 e. The average Bonchev–Trinajstić information content (AvgIpc) is 2.73. The predicted molar refractivity (Wildman–Crippen MR) is 74.9 cm³/mol. The molecule has 0 aromatic rings. The number of imide groups is 1. The Kier molecular flexibility index (Phi) is 10.8. The Hall–Kier alpha value is -1.27. The number of hydrogen-bond donors (Lipinski definition) is 2. The molecule has 1 unspecified atom stereocenters. The monoisotopic (exact) mass is 286 g/mol. The van der Waals surface area contributed by atoms with E-state index >= 15 is 0 Å². The smallest absolute Gasteiger partial charge is 0.253 e. The normalized spacial score (nSPS) is 15.8. The second-order valence-corrected chi connectivity index (χ2v) is 4.95. The number of hydroxylamine groups is 2. The summed E-state index contributed by atoms with van der Waals surface area (Å²) in [5.41, 5.74) is 5.85. The number of nitrogens with zero attached hydrogens (tertiary/aromatic N) is 1. The Morgan fingerprint density at radius 3 is 2.15 bits per heavy atom. The number of carbonyl (C=O) groups is 3. The zero-order chi connectivity index (χ0) is 15.4. The van der Waals surface area contributed by atoms with Gasteiger partial charge in [-0.1, -0.05) is 26.2 Å². The molecule has 0 bridgehead atoms. The van der Waals surface area contributed by atoms with Crippen molar-refractivity contribution in [3.05, 3.63) is 0 Å². The fraction of sp³-hybridized carbons (Fsp3) is 0.786. The molecule has 0 aliphatic carbocycles. The molecule has 6 heteroatoms. The van der Waals surface area contributed by atoms with Gasteiger partial charge in [-0.2, -0.15) is 5.06 Å². The summed E-state index contributed by atoms with van der Waals surface area (Å²) in [5.74, 6) is -1.01. The van der Waals surface area contributed by atoms with Gasteiger partial charge >= 0.3 is 0 Å². The molecule has 3 N–H and O–H groups in total. The molecule has 0 aromatic heterocycles. The van der Waals surface area contributed by atoms with Gasteiger partial charge < -0.3 is 10.5 Å². The lowest BCUT2D eigenvalue weighted by Crippen LogP contribution is -2.24. The van der Waals surface area contributed by atoms with Gasteiger partial charge in [0, 0.05) is 25.3 Å². The molecule has 1 aliphatic heterocycles. The van der Waals surface area contributed by atoms with E-state index in [1.807, 2.05) is 0 Å². The molecule has 1 saturated heterocycles. The minimum atomic E-state index is -0.505. The molecule has 116 valence electrons. The predicted octanol–water partition coefficient (Wildman–Crippen LogP) is 1.79. The van der Waals surface area contributed by atoms with Crippen LogP contribution in [0.4, 0.5) is 0 Å². The molecule has 1 rings (SSSR count). The summed E-state index contributed by atoms with van der Waals surface area (Å²) in [5, 5.41) is 8.57. The van der Waals surface area contributed by atoms with Crippen molar-refractivity contribution in [1.82, 2.24) is 5.06 Å². The molecule has 1 atom stereocenters. The number of carbonyl (C=O) groups excluding carboxylic acids is 3. The molecular weight excluding hydrogens is 260 g/mol. The van der Waals surface area contributed by atoms with Crippen LogP contribution in [0.5, 0.6) is 0 Å². The first kappa shape index (κ1) is 18.7. The van der Waals surface area contributed by atoms with Crippen LogP contribution >= 0.6 is 0 Å². The van der Waals surface area contributed by atoms with Crippen molar-refractivity contribution in [2.75, 3.05) is 0 Å². The van der Waals surface area contributed by atoms with Gasteiger partial charge in [0.2, 0.25) is 0 Å². The van der Waals surface area contributed by atoms with E-state index in [2.05, 4.69) is 6.92 Å². The topological polar surface area (TPSA) is 101 Å². The Balaban J connectivity index is 0.000000388. The Labute approximate surface area is 120 Å². The number of unbranched alkanes of at least 4 members (excludes halogenated alkanes) is 3. The van der Waals surface area contributed by atoms with Crippen LogP contribution in [0.2, 0.25) is 0 Å². The van der Waals surface area contributed by atoms with Crippen molar-refractivity contribution >= 4 is 18.1 Å². The lowest BCUT2D eigenvalue weighted by atomic mass is 10.0. The third-order valence-electron chi connectivity index (χ3n) is 3.10. The summed E-state index contributed by atoms with van der Waals surface area (Å²) in [6.45, 7) is 2.18. The largest absolute Gasteiger partial charge is 0.328 e. The highest BCUT2D eigenvalue weighted by molar-refractivity contribution is 6.00. The van der Waals surface area contributed by atoms with Gasteiger partial charge in [0.1, 0.15) is 6.29 Å². The highest BCUT2D eigenvalue weighted by Crippen LogP contribution is 2.07. The minimum absolute atomic E-state index is 0.148. The quantitative estimate of drug-likeness (QED) is 0.306. The zero-order valence-electron chi connectivity index (χ0n) is 12.2. The molecular formula is C14H26N2O4. The standard InChI is InChI=1S/C10H21NO.C4H5NO3/c1-2-3-7-10(11)8-5-4-6-9-12;6-3-1-2-4(7)5(3)8/h9-10H,2-8,11H2,1H3;8H,1-2H2.